The average molecular weight is 309 g/mol. The third-order valence-electron chi connectivity index (χ3n) is 4.37. The van der Waals surface area contributed by atoms with E-state index < -0.39 is 5.43 Å². The second-order valence-electron chi connectivity index (χ2n) is 5.82. The van der Waals surface area contributed by atoms with E-state index in [0.29, 0.717) is 24.5 Å². The van der Waals surface area contributed by atoms with Crippen molar-refractivity contribution in [1.29, 1.82) is 0 Å². The van der Waals surface area contributed by atoms with E-state index in [1.54, 1.807) is 0 Å². The number of piperazine rings is 1. The van der Waals surface area contributed by atoms with Crippen LogP contribution in [0.5, 0.6) is 5.75 Å². The van der Waals surface area contributed by atoms with Crippen molar-refractivity contribution in [3.63, 3.8) is 0 Å². The Labute approximate surface area is 131 Å². The molecule has 0 amide bonds. The van der Waals surface area contributed by atoms with Crippen LogP contribution in [0, 0.1) is 0 Å². The van der Waals surface area contributed by atoms with Gasteiger partial charge in [-0.25, -0.2) is 0 Å². The lowest BCUT2D eigenvalue weighted by Gasteiger charge is -2.34. The Morgan fingerprint density at radius 3 is 2.32 bits per heavy atom. The minimum atomic E-state index is -0.404. The number of aromatic nitrogens is 1. The van der Waals surface area contributed by atoms with Crippen molar-refractivity contribution >= 4 is 0 Å². The smallest absolute Gasteiger partial charge is 0.223 e. The third-order valence-corrected chi connectivity index (χ3v) is 4.37. The van der Waals surface area contributed by atoms with E-state index in [0.717, 1.165) is 39.1 Å². The van der Waals surface area contributed by atoms with Crippen LogP contribution in [-0.2, 0) is 19.7 Å². The second-order valence-corrected chi connectivity index (χ2v) is 5.82. The van der Waals surface area contributed by atoms with Gasteiger partial charge in [-0.2, -0.15) is 0 Å². The van der Waals surface area contributed by atoms with Crippen molar-refractivity contribution in [3.05, 3.63) is 27.7 Å². The molecule has 0 unspecified atom stereocenters. The first-order valence-electron chi connectivity index (χ1n) is 8.10. The van der Waals surface area contributed by atoms with Crippen molar-refractivity contribution < 1.29 is 10.2 Å². The second kappa shape index (κ2) is 7.76. The Morgan fingerprint density at radius 1 is 1.14 bits per heavy atom. The molecule has 0 aliphatic carbocycles. The van der Waals surface area contributed by atoms with Gasteiger partial charge in [0.2, 0.25) is 5.43 Å². The molecule has 0 aromatic carbocycles. The molecule has 1 aliphatic rings. The monoisotopic (exact) mass is 309 g/mol. The van der Waals surface area contributed by atoms with Crippen LogP contribution in [0.15, 0.2) is 10.9 Å². The molecule has 6 heteroatoms. The molecule has 1 fully saturated rings. The van der Waals surface area contributed by atoms with Gasteiger partial charge >= 0.3 is 0 Å². The van der Waals surface area contributed by atoms with Gasteiger partial charge in [0.05, 0.1) is 12.3 Å². The van der Waals surface area contributed by atoms with Crippen LogP contribution >= 0.6 is 0 Å². The van der Waals surface area contributed by atoms with Crippen LogP contribution in [0.1, 0.15) is 31.7 Å². The zero-order chi connectivity index (χ0) is 16.1. The van der Waals surface area contributed by atoms with E-state index in [1.165, 1.54) is 6.07 Å². The summed E-state index contributed by atoms with van der Waals surface area (Å²) < 4.78 is 1.89. The summed E-state index contributed by atoms with van der Waals surface area (Å²) in [6.45, 7) is 10.2. The van der Waals surface area contributed by atoms with E-state index in [9.17, 15) is 15.0 Å². The first-order chi connectivity index (χ1) is 10.6. The van der Waals surface area contributed by atoms with E-state index in [1.807, 2.05) is 11.5 Å². The number of aliphatic hydroxyl groups is 1. The highest BCUT2D eigenvalue weighted by molar-refractivity contribution is 5.30. The standard InChI is InChI=1S/C16H27N3O3/c1-3-5-19-13(12-20)10-15(21)16(22)14(19)11-18-8-6-17(4-2)7-9-18/h10,20,22H,3-9,11-12H2,1-2H3. The summed E-state index contributed by atoms with van der Waals surface area (Å²) >= 11 is 0. The largest absolute Gasteiger partial charge is 0.503 e. The topological polar surface area (TPSA) is 68.9 Å². The molecule has 1 saturated heterocycles. The molecule has 1 aromatic heterocycles. The third kappa shape index (κ3) is 3.69. The van der Waals surface area contributed by atoms with Crippen LogP contribution < -0.4 is 5.43 Å². The van der Waals surface area contributed by atoms with Crippen LogP contribution in [0.2, 0.25) is 0 Å². The molecule has 0 saturated carbocycles. The van der Waals surface area contributed by atoms with Crippen LogP contribution in [0.25, 0.3) is 0 Å². The molecule has 2 heterocycles. The minimum absolute atomic E-state index is 0.177. The minimum Gasteiger partial charge on any atom is -0.503 e. The molecule has 6 nitrogen and oxygen atoms in total. The quantitative estimate of drug-likeness (QED) is 0.805. The summed E-state index contributed by atoms with van der Waals surface area (Å²) in [6.07, 6.45) is 0.881. The number of hydrogen-bond donors (Lipinski definition) is 2. The van der Waals surface area contributed by atoms with Gasteiger partial charge in [-0.05, 0) is 13.0 Å². The van der Waals surface area contributed by atoms with Crippen molar-refractivity contribution in [1.82, 2.24) is 14.4 Å². The first kappa shape index (κ1) is 17.0. The summed E-state index contributed by atoms with van der Waals surface area (Å²) in [7, 11) is 0. The average Bonchev–Trinajstić information content (AvgIpc) is 2.54. The fourth-order valence-electron chi connectivity index (χ4n) is 3.01. The molecule has 2 N–H and O–H groups in total. The Balaban J connectivity index is 2.25. The summed E-state index contributed by atoms with van der Waals surface area (Å²) in [5, 5.41) is 19.7. The maximum absolute atomic E-state index is 11.9. The maximum Gasteiger partial charge on any atom is 0.223 e. The number of aromatic hydroxyl groups is 1. The van der Waals surface area contributed by atoms with Crippen LogP contribution in [0.4, 0.5) is 0 Å². The molecule has 124 valence electrons. The maximum atomic E-state index is 11.9. The Hall–Kier alpha value is -1.37. The van der Waals surface area contributed by atoms with Gasteiger partial charge in [-0.15, -0.1) is 0 Å². The summed E-state index contributed by atoms with van der Waals surface area (Å²) in [5.41, 5.74) is 0.800. The molecular formula is C16H27N3O3. The van der Waals surface area contributed by atoms with Gasteiger partial charge in [-0.3, -0.25) is 9.69 Å². The van der Waals surface area contributed by atoms with Gasteiger partial charge in [-0.1, -0.05) is 13.8 Å². The van der Waals surface area contributed by atoms with Crippen LogP contribution in [-0.4, -0.2) is 57.3 Å². The Kier molecular flexibility index (Phi) is 5.99. The molecule has 22 heavy (non-hydrogen) atoms. The zero-order valence-corrected chi connectivity index (χ0v) is 13.6. The number of rotatable bonds is 6. The highest BCUT2D eigenvalue weighted by Gasteiger charge is 2.20. The summed E-state index contributed by atoms with van der Waals surface area (Å²) in [5.74, 6) is -0.177. The van der Waals surface area contributed by atoms with Gasteiger partial charge in [0, 0.05) is 51.0 Å². The highest BCUT2D eigenvalue weighted by Crippen LogP contribution is 2.19. The van der Waals surface area contributed by atoms with Crippen molar-refractivity contribution in [2.75, 3.05) is 32.7 Å². The van der Waals surface area contributed by atoms with Crippen molar-refractivity contribution in [2.45, 2.75) is 40.0 Å². The fraction of sp³-hybridized carbons (Fsp3) is 0.688. The number of pyridine rings is 1. The molecule has 0 radical (unpaired) electrons. The van der Waals surface area contributed by atoms with E-state index in [2.05, 4.69) is 16.7 Å². The van der Waals surface area contributed by atoms with E-state index in [4.69, 9.17) is 0 Å². The number of aliphatic hydroxyl groups excluding tert-OH is 1. The molecule has 1 aliphatic heterocycles. The van der Waals surface area contributed by atoms with Gasteiger partial charge < -0.3 is 19.7 Å². The molecule has 2 rings (SSSR count). The number of nitrogens with zero attached hydrogens (tertiary/aromatic N) is 3. The van der Waals surface area contributed by atoms with Gasteiger partial charge in [0.15, 0.2) is 5.75 Å². The Bertz CT molecular complexity index is 548. The van der Waals surface area contributed by atoms with Crippen molar-refractivity contribution in [2.24, 2.45) is 0 Å². The van der Waals surface area contributed by atoms with Crippen LogP contribution in [0.3, 0.4) is 0 Å². The van der Waals surface area contributed by atoms with Crippen molar-refractivity contribution in [3.8, 4) is 5.75 Å². The fourth-order valence-corrected chi connectivity index (χ4v) is 3.01. The normalized spacial score (nSPS) is 17.0. The van der Waals surface area contributed by atoms with Gasteiger partial charge in [0.1, 0.15) is 0 Å². The molecule has 0 spiro atoms. The molecular weight excluding hydrogens is 282 g/mol. The van der Waals surface area contributed by atoms with E-state index in [-0.39, 0.29) is 12.4 Å². The Morgan fingerprint density at radius 2 is 1.77 bits per heavy atom. The SMILES string of the molecule is CCCn1c(CO)cc(=O)c(O)c1CN1CCN(CC)CC1. The highest BCUT2D eigenvalue weighted by atomic mass is 16.3. The lowest BCUT2D eigenvalue weighted by atomic mass is 10.2. The lowest BCUT2D eigenvalue weighted by molar-refractivity contribution is 0.128. The number of hydrogen-bond acceptors (Lipinski definition) is 5. The van der Waals surface area contributed by atoms with Gasteiger partial charge in [0.25, 0.3) is 0 Å². The molecule has 0 bridgehead atoms. The molecule has 1 aromatic rings. The molecule has 0 atom stereocenters. The summed E-state index contributed by atoms with van der Waals surface area (Å²) in [4.78, 5) is 16.6. The zero-order valence-electron chi connectivity index (χ0n) is 13.6. The number of likely N-dealkylation sites (N-methyl/N-ethyl adjacent to an activating group) is 1. The first-order valence-corrected chi connectivity index (χ1v) is 8.10. The lowest BCUT2D eigenvalue weighted by Crippen LogP contribution is -2.46. The predicted molar refractivity (Wildman–Crippen MR) is 86.0 cm³/mol. The summed E-state index contributed by atoms with van der Waals surface area (Å²) in [6, 6.07) is 1.34. The predicted octanol–water partition coefficient (Wildman–Crippen LogP) is 0.594. The van der Waals surface area contributed by atoms with E-state index >= 15 is 0 Å².